The Bertz CT molecular complexity index is 360. The first-order chi connectivity index (χ1) is 8.13. The van der Waals surface area contributed by atoms with E-state index in [0.717, 1.165) is 18.9 Å². The molecule has 0 N–H and O–H groups in total. The normalized spacial score (nSPS) is 26.3. The first-order valence-electron chi connectivity index (χ1n) is 6.70. The van der Waals surface area contributed by atoms with Crippen LogP contribution in [0.1, 0.15) is 38.9 Å². The Morgan fingerprint density at radius 3 is 2.88 bits per heavy atom. The summed E-state index contributed by atoms with van der Waals surface area (Å²) in [7, 11) is 0. The van der Waals surface area contributed by atoms with E-state index in [2.05, 4.69) is 33.5 Å². The van der Waals surface area contributed by atoms with E-state index < -0.39 is 0 Å². The molecule has 0 radical (unpaired) electrons. The van der Waals surface area contributed by atoms with Crippen LogP contribution in [0.3, 0.4) is 0 Å². The summed E-state index contributed by atoms with van der Waals surface area (Å²) in [6.07, 6.45) is 5.84. The van der Waals surface area contributed by atoms with E-state index >= 15 is 0 Å². The molecular weight excluding hydrogens is 212 g/mol. The molecule has 1 aromatic rings. The molecule has 1 unspecified atom stereocenters. The lowest BCUT2D eigenvalue weighted by Crippen LogP contribution is -2.42. The molecule has 17 heavy (non-hydrogen) atoms. The molecule has 4 nitrogen and oxygen atoms in total. The molecule has 0 bridgehead atoms. The lowest BCUT2D eigenvalue weighted by Gasteiger charge is -2.40. The maximum atomic E-state index is 4.02. The Balaban J connectivity index is 1.85. The van der Waals surface area contributed by atoms with Crippen LogP contribution in [0, 0.1) is 12.3 Å². The molecule has 1 aromatic heterocycles. The summed E-state index contributed by atoms with van der Waals surface area (Å²) in [6, 6.07) is 0. The average molecular weight is 236 g/mol. The zero-order valence-corrected chi connectivity index (χ0v) is 11.3. The number of rotatable bonds is 4. The molecule has 1 aliphatic heterocycles. The third kappa shape index (κ3) is 3.06. The number of aromatic nitrogens is 3. The molecule has 2 rings (SSSR count). The highest BCUT2D eigenvalue weighted by atomic mass is 15.3. The van der Waals surface area contributed by atoms with Crippen molar-refractivity contribution >= 4 is 0 Å². The number of likely N-dealkylation sites (tertiary alicyclic amines) is 1. The van der Waals surface area contributed by atoms with E-state index in [1.807, 2.05) is 13.3 Å². The fourth-order valence-corrected chi connectivity index (χ4v) is 2.69. The highest BCUT2D eigenvalue weighted by molar-refractivity contribution is 4.84. The van der Waals surface area contributed by atoms with Crippen molar-refractivity contribution in [2.75, 3.05) is 19.6 Å². The van der Waals surface area contributed by atoms with Crippen molar-refractivity contribution in [3.8, 4) is 0 Å². The lowest BCUT2D eigenvalue weighted by atomic mass is 9.80. The zero-order chi connectivity index (χ0) is 12.3. The summed E-state index contributed by atoms with van der Waals surface area (Å²) in [6.45, 7) is 11.4. The minimum atomic E-state index is 0.528. The number of hydrogen-bond acceptors (Lipinski definition) is 3. The summed E-state index contributed by atoms with van der Waals surface area (Å²) in [5.74, 6) is 1.01. The molecule has 2 heterocycles. The van der Waals surface area contributed by atoms with Crippen LogP contribution in [-0.2, 0) is 6.54 Å². The molecule has 0 aromatic carbocycles. The molecule has 0 saturated carbocycles. The number of aryl methyl sites for hydroxylation is 1. The summed E-state index contributed by atoms with van der Waals surface area (Å²) >= 11 is 0. The van der Waals surface area contributed by atoms with Gasteiger partial charge in [-0.3, -0.25) is 0 Å². The Kier molecular flexibility index (Phi) is 3.82. The third-order valence-electron chi connectivity index (χ3n) is 4.18. The van der Waals surface area contributed by atoms with Gasteiger partial charge in [0.05, 0.1) is 0 Å². The summed E-state index contributed by atoms with van der Waals surface area (Å²) in [5.41, 5.74) is 0.528. The van der Waals surface area contributed by atoms with E-state index in [9.17, 15) is 0 Å². The van der Waals surface area contributed by atoms with Gasteiger partial charge in [-0.25, -0.2) is 0 Å². The Hall–Kier alpha value is -0.900. The van der Waals surface area contributed by atoms with Crippen LogP contribution in [0.15, 0.2) is 6.33 Å². The largest absolute Gasteiger partial charge is 0.317 e. The van der Waals surface area contributed by atoms with Gasteiger partial charge in [0.2, 0.25) is 0 Å². The van der Waals surface area contributed by atoms with Crippen LogP contribution < -0.4 is 0 Å². The van der Waals surface area contributed by atoms with Gasteiger partial charge in [0.25, 0.3) is 0 Å². The smallest absolute Gasteiger partial charge is 0.129 e. The van der Waals surface area contributed by atoms with Crippen LogP contribution in [0.2, 0.25) is 0 Å². The van der Waals surface area contributed by atoms with Crippen LogP contribution in [0.5, 0.6) is 0 Å². The Labute approximate surface area is 104 Å². The lowest BCUT2D eigenvalue weighted by molar-refractivity contribution is 0.0962. The van der Waals surface area contributed by atoms with Gasteiger partial charge >= 0.3 is 0 Å². The SMILES string of the molecule is CCC1(C)CCCN(CCn2cnnc2C)C1. The van der Waals surface area contributed by atoms with Crippen molar-refractivity contribution in [2.24, 2.45) is 5.41 Å². The van der Waals surface area contributed by atoms with E-state index in [1.165, 1.54) is 32.4 Å². The average Bonchev–Trinajstić information content (AvgIpc) is 2.73. The molecule has 1 atom stereocenters. The Morgan fingerprint density at radius 1 is 1.41 bits per heavy atom. The van der Waals surface area contributed by atoms with Gasteiger partial charge in [-0.05, 0) is 38.1 Å². The predicted octanol–water partition coefficient (Wildman–Crippen LogP) is 2.10. The van der Waals surface area contributed by atoms with Crippen molar-refractivity contribution in [3.63, 3.8) is 0 Å². The number of nitrogens with zero attached hydrogens (tertiary/aromatic N) is 4. The van der Waals surface area contributed by atoms with E-state index in [1.54, 1.807) is 0 Å². The monoisotopic (exact) mass is 236 g/mol. The molecule has 1 fully saturated rings. The molecule has 1 aliphatic rings. The minimum Gasteiger partial charge on any atom is -0.317 e. The molecule has 0 amide bonds. The highest BCUT2D eigenvalue weighted by Crippen LogP contribution is 2.32. The van der Waals surface area contributed by atoms with Gasteiger partial charge in [0.15, 0.2) is 0 Å². The van der Waals surface area contributed by atoms with E-state index in [0.29, 0.717) is 5.41 Å². The molecule has 4 heteroatoms. The van der Waals surface area contributed by atoms with Crippen molar-refractivity contribution in [1.29, 1.82) is 0 Å². The van der Waals surface area contributed by atoms with Crippen molar-refractivity contribution in [2.45, 2.75) is 46.6 Å². The third-order valence-corrected chi connectivity index (χ3v) is 4.18. The molecule has 0 spiro atoms. The Morgan fingerprint density at radius 2 is 2.24 bits per heavy atom. The summed E-state index contributed by atoms with van der Waals surface area (Å²) in [5, 5.41) is 7.94. The molecule has 1 saturated heterocycles. The standard InChI is InChI=1S/C13H24N4/c1-4-13(3)6-5-7-16(10-13)8-9-17-11-14-15-12(17)2/h11H,4-10H2,1-3H3. The fraction of sp³-hybridized carbons (Fsp3) is 0.846. The second-order valence-electron chi connectivity index (χ2n) is 5.62. The number of hydrogen-bond donors (Lipinski definition) is 0. The van der Waals surface area contributed by atoms with Crippen LogP contribution in [0.25, 0.3) is 0 Å². The van der Waals surface area contributed by atoms with Crippen LogP contribution in [-0.4, -0.2) is 39.3 Å². The van der Waals surface area contributed by atoms with Gasteiger partial charge in [-0.15, -0.1) is 10.2 Å². The van der Waals surface area contributed by atoms with Crippen LogP contribution >= 0.6 is 0 Å². The van der Waals surface area contributed by atoms with Gasteiger partial charge < -0.3 is 9.47 Å². The van der Waals surface area contributed by atoms with Crippen molar-refractivity contribution < 1.29 is 0 Å². The predicted molar refractivity (Wildman–Crippen MR) is 68.8 cm³/mol. The highest BCUT2D eigenvalue weighted by Gasteiger charge is 2.28. The van der Waals surface area contributed by atoms with E-state index in [-0.39, 0.29) is 0 Å². The first kappa shape index (κ1) is 12.6. The second-order valence-corrected chi connectivity index (χ2v) is 5.62. The minimum absolute atomic E-state index is 0.528. The maximum Gasteiger partial charge on any atom is 0.129 e. The van der Waals surface area contributed by atoms with Gasteiger partial charge in [-0.1, -0.05) is 13.8 Å². The molecule has 96 valence electrons. The van der Waals surface area contributed by atoms with Gasteiger partial charge in [-0.2, -0.15) is 0 Å². The van der Waals surface area contributed by atoms with Gasteiger partial charge in [0, 0.05) is 19.6 Å². The first-order valence-corrected chi connectivity index (χ1v) is 6.70. The van der Waals surface area contributed by atoms with Crippen LogP contribution in [0.4, 0.5) is 0 Å². The van der Waals surface area contributed by atoms with E-state index in [4.69, 9.17) is 0 Å². The van der Waals surface area contributed by atoms with Crippen molar-refractivity contribution in [3.05, 3.63) is 12.2 Å². The maximum absolute atomic E-state index is 4.02. The zero-order valence-electron chi connectivity index (χ0n) is 11.3. The summed E-state index contributed by atoms with van der Waals surface area (Å²) < 4.78 is 2.14. The van der Waals surface area contributed by atoms with Gasteiger partial charge in [0.1, 0.15) is 12.2 Å². The number of piperidine rings is 1. The fourth-order valence-electron chi connectivity index (χ4n) is 2.69. The van der Waals surface area contributed by atoms with Crippen molar-refractivity contribution in [1.82, 2.24) is 19.7 Å². The molecule has 0 aliphatic carbocycles. The summed E-state index contributed by atoms with van der Waals surface area (Å²) in [4.78, 5) is 2.59. The molecular formula is C13H24N4. The quantitative estimate of drug-likeness (QED) is 0.803. The second kappa shape index (κ2) is 5.17. The topological polar surface area (TPSA) is 34.0 Å².